The van der Waals surface area contributed by atoms with Crippen LogP contribution in [0.2, 0.25) is 0 Å². The van der Waals surface area contributed by atoms with Crippen LogP contribution in [-0.4, -0.2) is 47.0 Å². The van der Waals surface area contributed by atoms with Gasteiger partial charge in [0.25, 0.3) is 5.56 Å². The van der Waals surface area contributed by atoms with E-state index in [9.17, 15) is 9.59 Å². The van der Waals surface area contributed by atoms with Gasteiger partial charge in [-0.2, -0.15) is 0 Å². The number of nitrogens with zero attached hydrogens (tertiary/aromatic N) is 3. The molecule has 5 heterocycles. The van der Waals surface area contributed by atoms with Gasteiger partial charge in [-0.3, -0.25) is 9.59 Å². The first kappa shape index (κ1) is 25.6. The van der Waals surface area contributed by atoms with E-state index in [2.05, 4.69) is 35.8 Å². The zero-order valence-electron chi connectivity index (χ0n) is 22.7. The fraction of sp³-hybridized carbons (Fsp3) is 0.355. The van der Waals surface area contributed by atoms with Gasteiger partial charge in [0.2, 0.25) is 5.91 Å². The van der Waals surface area contributed by atoms with Crippen LogP contribution in [0.5, 0.6) is 0 Å². The van der Waals surface area contributed by atoms with Crippen LogP contribution in [0.1, 0.15) is 32.1 Å². The molecule has 1 saturated carbocycles. The molecule has 4 N–H and O–H groups in total. The monoisotopic (exact) mass is 553 g/mol. The number of aromatic amines is 1. The molecule has 2 aliphatic heterocycles. The quantitative estimate of drug-likeness (QED) is 0.271. The molecule has 0 bridgehead atoms. The number of carbonyl (C=O) groups excluding carboxylic acids is 1. The van der Waals surface area contributed by atoms with Crippen molar-refractivity contribution in [2.75, 3.05) is 41.7 Å². The Morgan fingerprint density at radius 2 is 1.88 bits per heavy atom. The van der Waals surface area contributed by atoms with E-state index in [1.807, 2.05) is 18.3 Å². The van der Waals surface area contributed by atoms with Gasteiger partial charge >= 0.3 is 0 Å². The Morgan fingerprint density at radius 1 is 1.05 bits per heavy atom. The van der Waals surface area contributed by atoms with E-state index in [-0.39, 0.29) is 22.9 Å². The van der Waals surface area contributed by atoms with Crippen LogP contribution in [0.25, 0.3) is 22.2 Å². The van der Waals surface area contributed by atoms with Gasteiger partial charge in [-0.15, -0.1) is 0 Å². The molecule has 1 aromatic carbocycles. The maximum absolute atomic E-state index is 15.4. The fourth-order valence-electron chi connectivity index (χ4n) is 6.27. The van der Waals surface area contributed by atoms with E-state index in [0.29, 0.717) is 39.2 Å². The van der Waals surface area contributed by atoms with Crippen LogP contribution in [0, 0.1) is 17.2 Å². The van der Waals surface area contributed by atoms with E-state index in [1.54, 1.807) is 24.3 Å². The molecule has 4 aromatic rings. The van der Waals surface area contributed by atoms with Crippen molar-refractivity contribution >= 4 is 39.7 Å². The molecule has 0 unspecified atom stereocenters. The Morgan fingerprint density at radius 3 is 2.59 bits per heavy atom. The SMILES string of the molecule is O=C(Nc1ccc(-c2cc(Nc3ccc(N4CC5(CNC5)C4)cn3)c3c(=O)[nH]ccc3n2)c(F)c1)C1CCCCC1. The second kappa shape index (κ2) is 10.3. The third-order valence-electron chi connectivity index (χ3n) is 8.65. The van der Waals surface area contributed by atoms with Crippen molar-refractivity contribution < 1.29 is 9.18 Å². The summed E-state index contributed by atoms with van der Waals surface area (Å²) in [6.07, 6.45) is 8.36. The van der Waals surface area contributed by atoms with Gasteiger partial charge in [-0.1, -0.05) is 19.3 Å². The predicted molar refractivity (Wildman–Crippen MR) is 158 cm³/mol. The van der Waals surface area contributed by atoms with Crippen LogP contribution >= 0.6 is 0 Å². The molecular weight excluding hydrogens is 521 g/mol. The van der Waals surface area contributed by atoms with Gasteiger partial charge in [0.05, 0.1) is 34.2 Å². The summed E-state index contributed by atoms with van der Waals surface area (Å²) in [6.45, 7) is 4.19. The van der Waals surface area contributed by atoms with E-state index in [0.717, 1.165) is 64.0 Å². The molecule has 9 nitrogen and oxygen atoms in total. The number of halogens is 1. The summed E-state index contributed by atoms with van der Waals surface area (Å²) in [7, 11) is 0. The average Bonchev–Trinajstić information content (AvgIpc) is 2.93. The van der Waals surface area contributed by atoms with Gasteiger partial charge < -0.3 is 25.8 Å². The Bertz CT molecular complexity index is 1670. The number of carbonyl (C=O) groups is 1. The number of aromatic nitrogens is 3. The first-order valence-corrected chi connectivity index (χ1v) is 14.3. The average molecular weight is 554 g/mol. The van der Waals surface area contributed by atoms with Crippen molar-refractivity contribution in [3.63, 3.8) is 0 Å². The summed E-state index contributed by atoms with van der Waals surface area (Å²) in [6, 6.07) is 11.9. The smallest absolute Gasteiger partial charge is 0.259 e. The number of pyridine rings is 3. The second-order valence-corrected chi connectivity index (χ2v) is 11.6. The highest BCUT2D eigenvalue weighted by Crippen LogP contribution is 2.37. The lowest BCUT2D eigenvalue weighted by atomic mass is 9.74. The molecule has 1 aliphatic carbocycles. The molecule has 10 heteroatoms. The molecule has 3 aromatic heterocycles. The van der Waals surface area contributed by atoms with Crippen molar-refractivity contribution in [1.82, 2.24) is 20.3 Å². The minimum absolute atomic E-state index is 0.0226. The van der Waals surface area contributed by atoms with Crippen molar-refractivity contribution in [2.24, 2.45) is 11.3 Å². The number of hydrogen-bond acceptors (Lipinski definition) is 7. The Balaban J connectivity index is 1.14. The third kappa shape index (κ3) is 4.93. The second-order valence-electron chi connectivity index (χ2n) is 11.6. The zero-order valence-corrected chi connectivity index (χ0v) is 22.7. The maximum atomic E-state index is 15.4. The lowest BCUT2D eigenvalue weighted by molar-refractivity contribution is -0.120. The first-order valence-electron chi connectivity index (χ1n) is 14.3. The van der Waals surface area contributed by atoms with Gasteiger partial charge in [0.1, 0.15) is 11.6 Å². The molecule has 3 fully saturated rings. The van der Waals surface area contributed by atoms with Gasteiger partial charge in [0.15, 0.2) is 0 Å². The molecule has 1 spiro atoms. The molecule has 2 saturated heterocycles. The van der Waals surface area contributed by atoms with E-state index >= 15 is 4.39 Å². The summed E-state index contributed by atoms with van der Waals surface area (Å²) < 4.78 is 15.4. The van der Waals surface area contributed by atoms with Gasteiger partial charge in [-0.25, -0.2) is 14.4 Å². The number of rotatable bonds is 6. The predicted octanol–water partition coefficient (Wildman–Crippen LogP) is 4.80. The largest absolute Gasteiger partial charge is 0.369 e. The maximum Gasteiger partial charge on any atom is 0.259 e. The minimum Gasteiger partial charge on any atom is -0.369 e. The highest BCUT2D eigenvalue weighted by molar-refractivity contribution is 5.95. The molecule has 0 radical (unpaired) electrons. The number of fused-ring (bicyclic) bond motifs is 1. The van der Waals surface area contributed by atoms with Crippen LogP contribution in [0.3, 0.4) is 0 Å². The van der Waals surface area contributed by atoms with Crippen molar-refractivity contribution in [3.8, 4) is 11.3 Å². The summed E-state index contributed by atoms with van der Waals surface area (Å²) in [4.78, 5) is 39.6. The standard InChI is InChI=1S/C31H32FN7O2/c32-23-12-20(36-29(40)19-4-2-1-3-5-19)6-8-22(23)25-13-26(28-24(37-25)10-11-34-30(28)41)38-27-9-7-21(14-35-27)39-17-31(18-39)15-33-16-31/h6-14,19,33H,1-5,15-18H2,(H,34,41)(H,36,40)(H,35,37,38). The number of hydrogen-bond donors (Lipinski definition) is 4. The number of benzene rings is 1. The number of anilines is 4. The van der Waals surface area contributed by atoms with Gasteiger partial charge in [0, 0.05) is 55.0 Å². The molecule has 41 heavy (non-hydrogen) atoms. The highest BCUT2D eigenvalue weighted by Gasteiger charge is 2.47. The number of H-pyrrole nitrogens is 1. The van der Waals surface area contributed by atoms with Crippen LogP contribution in [-0.2, 0) is 4.79 Å². The summed E-state index contributed by atoms with van der Waals surface area (Å²) >= 11 is 0. The summed E-state index contributed by atoms with van der Waals surface area (Å²) in [5.74, 6) is -0.0213. The minimum atomic E-state index is -0.509. The highest BCUT2D eigenvalue weighted by atomic mass is 19.1. The van der Waals surface area contributed by atoms with E-state index in [4.69, 9.17) is 0 Å². The lowest BCUT2D eigenvalue weighted by Crippen LogP contribution is -2.71. The normalized spacial score (nSPS) is 18.1. The van der Waals surface area contributed by atoms with E-state index < -0.39 is 5.82 Å². The fourth-order valence-corrected chi connectivity index (χ4v) is 6.27. The topological polar surface area (TPSA) is 115 Å². The zero-order chi connectivity index (χ0) is 28.0. The van der Waals surface area contributed by atoms with Crippen molar-refractivity contribution in [2.45, 2.75) is 32.1 Å². The van der Waals surface area contributed by atoms with Crippen LogP contribution in [0.15, 0.2) is 59.7 Å². The molecule has 210 valence electrons. The molecule has 1 amide bonds. The molecular formula is C31H32FN7O2. The number of amides is 1. The van der Waals surface area contributed by atoms with Crippen molar-refractivity contribution in [1.29, 1.82) is 0 Å². The lowest BCUT2D eigenvalue weighted by Gasteiger charge is -2.57. The number of nitrogens with one attached hydrogen (secondary N) is 4. The van der Waals surface area contributed by atoms with Crippen LogP contribution in [0.4, 0.5) is 27.3 Å². The third-order valence-corrected chi connectivity index (χ3v) is 8.65. The Kier molecular flexibility index (Phi) is 6.42. The van der Waals surface area contributed by atoms with E-state index in [1.165, 1.54) is 12.3 Å². The van der Waals surface area contributed by atoms with Crippen LogP contribution < -0.4 is 26.4 Å². The molecule has 7 rings (SSSR count). The molecule has 0 atom stereocenters. The molecule has 3 aliphatic rings. The summed E-state index contributed by atoms with van der Waals surface area (Å²) in [5, 5.41) is 9.84. The Labute approximate surface area is 236 Å². The Hall–Kier alpha value is -4.31. The van der Waals surface area contributed by atoms with Crippen molar-refractivity contribution in [3.05, 3.63) is 71.0 Å². The summed E-state index contributed by atoms with van der Waals surface area (Å²) in [5.41, 5.74) is 3.13. The van der Waals surface area contributed by atoms with Gasteiger partial charge in [-0.05, 0) is 55.3 Å². The first-order chi connectivity index (χ1) is 20.0.